The molecule has 0 aromatic heterocycles. The monoisotopic (exact) mass is 430 g/mol. The number of unbranched alkanes of at least 4 members (excludes halogenated alkanes) is 3. The highest BCUT2D eigenvalue weighted by atomic mass is 28.4. The zero-order valence-electron chi connectivity index (χ0n) is 19.8. The zero-order valence-corrected chi connectivity index (χ0v) is 23.8. The van der Waals surface area contributed by atoms with Crippen LogP contribution in [0.25, 0.3) is 0 Å². The van der Waals surface area contributed by atoms with E-state index in [1.54, 1.807) is 0 Å². The van der Waals surface area contributed by atoms with Crippen LogP contribution in [0, 0.1) is 0 Å². The van der Waals surface area contributed by atoms with E-state index >= 15 is 0 Å². The van der Waals surface area contributed by atoms with Gasteiger partial charge in [-0.2, -0.15) is 0 Å². The van der Waals surface area contributed by atoms with Gasteiger partial charge in [0, 0.05) is 12.4 Å². The second-order valence-corrected chi connectivity index (χ2v) is 31.1. The minimum Gasteiger partial charge on any atom is -0.350 e. The van der Waals surface area contributed by atoms with Gasteiger partial charge < -0.3 is 8.68 Å². The molecule has 0 spiro atoms. The van der Waals surface area contributed by atoms with Crippen molar-refractivity contribution in [2.45, 2.75) is 104 Å². The van der Waals surface area contributed by atoms with E-state index in [0.29, 0.717) is 0 Å². The summed E-state index contributed by atoms with van der Waals surface area (Å²) in [6, 6.07) is 0. The van der Waals surface area contributed by atoms with Gasteiger partial charge in [0.15, 0.2) is 32.9 Å². The molecule has 0 fully saturated rings. The van der Waals surface area contributed by atoms with Crippen LogP contribution in [0.3, 0.4) is 0 Å². The second kappa shape index (κ2) is 9.84. The SMILES string of the molecule is C[Si](C)(C)N(N=CCCCCC=NN([Si](C)(C)C)[Si](C)(C)C)[Si](C)(C)C. The Balaban J connectivity index is 4.44. The maximum absolute atomic E-state index is 4.88. The summed E-state index contributed by atoms with van der Waals surface area (Å²) >= 11 is 0. The maximum Gasteiger partial charge on any atom is 0.158 e. The van der Waals surface area contributed by atoms with Crippen molar-refractivity contribution in [2.24, 2.45) is 10.2 Å². The highest BCUT2D eigenvalue weighted by Gasteiger charge is 2.34. The van der Waals surface area contributed by atoms with Crippen LogP contribution in [-0.2, 0) is 0 Å². The van der Waals surface area contributed by atoms with Crippen molar-refractivity contribution in [1.82, 2.24) is 8.68 Å². The minimum absolute atomic E-state index is 1.07. The summed E-state index contributed by atoms with van der Waals surface area (Å²) in [7, 11) is -5.49. The van der Waals surface area contributed by atoms with E-state index in [2.05, 4.69) is 99.7 Å². The summed E-state index contributed by atoms with van der Waals surface area (Å²) in [5.41, 5.74) is 0. The van der Waals surface area contributed by atoms with E-state index < -0.39 is 32.9 Å². The summed E-state index contributed by atoms with van der Waals surface area (Å²) in [6.07, 6.45) is 8.85. The molecule has 0 aromatic rings. The molecule has 26 heavy (non-hydrogen) atoms. The lowest BCUT2D eigenvalue weighted by molar-refractivity contribution is 0.660. The average Bonchev–Trinajstić information content (AvgIpc) is 2.34. The van der Waals surface area contributed by atoms with Gasteiger partial charge in [-0.05, 0) is 25.7 Å². The molecule has 8 heteroatoms. The molecule has 0 aliphatic rings. The van der Waals surface area contributed by atoms with Crippen molar-refractivity contribution < 1.29 is 0 Å². The molecule has 0 saturated heterocycles. The summed E-state index contributed by atoms with van der Waals surface area (Å²) in [5, 5.41) is 9.76. The van der Waals surface area contributed by atoms with Gasteiger partial charge in [-0.1, -0.05) is 78.6 Å². The molecular formula is C18H46N4Si4. The Kier molecular flexibility index (Phi) is 9.76. The summed E-state index contributed by atoms with van der Waals surface area (Å²) in [4.78, 5) is 0. The fraction of sp³-hybridized carbons (Fsp3) is 0.889. The summed E-state index contributed by atoms with van der Waals surface area (Å²) in [6.45, 7) is 28.7. The lowest BCUT2D eigenvalue weighted by Crippen LogP contribution is -2.55. The topological polar surface area (TPSA) is 31.2 Å². The fourth-order valence-electron chi connectivity index (χ4n) is 3.46. The summed E-state index contributed by atoms with van der Waals surface area (Å²) < 4.78 is 4.97. The molecule has 0 aliphatic carbocycles. The van der Waals surface area contributed by atoms with Crippen molar-refractivity contribution in [3.63, 3.8) is 0 Å². The largest absolute Gasteiger partial charge is 0.350 e. The molecular weight excluding hydrogens is 385 g/mol. The van der Waals surface area contributed by atoms with Gasteiger partial charge in [-0.3, -0.25) is 0 Å². The van der Waals surface area contributed by atoms with Crippen LogP contribution >= 0.6 is 0 Å². The van der Waals surface area contributed by atoms with Crippen LogP contribution in [-0.4, -0.2) is 54.1 Å². The van der Waals surface area contributed by atoms with Crippen LogP contribution in [0.15, 0.2) is 10.2 Å². The molecule has 0 radical (unpaired) electrons. The molecule has 0 aliphatic heterocycles. The first-order valence-electron chi connectivity index (χ1n) is 10.1. The van der Waals surface area contributed by atoms with Crippen LogP contribution in [0.4, 0.5) is 0 Å². The summed E-state index contributed by atoms with van der Waals surface area (Å²) in [5.74, 6) is 0. The highest BCUT2D eigenvalue weighted by Crippen LogP contribution is 2.21. The fourth-order valence-corrected chi connectivity index (χ4v) is 21.3. The molecule has 0 saturated carbocycles. The molecule has 0 bridgehead atoms. The third-order valence-corrected chi connectivity index (χ3v) is 17.4. The van der Waals surface area contributed by atoms with E-state index in [4.69, 9.17) is 10.2 Å². The Hall–Kier alpha value is -0.192. The van der Waals surface area contributed by atoms with Gasteiger partial charge in [0.05, 0.1) is 0 Å². The predicted octanol–water partition coefficient (Wildman–Crippen LogP) is 6.46. The van der Waals surface area contributed by atoms with Crippen LogP contribution in [0.2, 0.25) is 78.6 Å². The Morgan fingerprint density at radius 2 is 0.731 bits per heavy atom. The van der Waals surface area contributed by atoms with Crippen molar-refractivity contribution in [3.8, 4) is 0 Å². The normalized spacial score (nSPS) is 14.5. The van der Waals surface area contributed by atoms with Gasteiger partial charge in [-0.15, -0.1) is 0 Å². The third kappa shape index (κ3) is 10.2. The molecule has 0 N–H and O–H groups in total. The van der Waals surface area contributed by atoms with Crippen LogP contribution in [0.1, 0.15) is 25.7 Å². The van der Waals surface area contributed by atoms with Crippen LogP contribution in [0.5, 0.6) is 0 Å². The lowest BCUT2D eigenvalue weighted by Gasteiger charge is -2.41. The highest BCUT2D eigenvalue weighted by molar-refractivity contribution is 6.90. The Morgan fingerprint density at radius 3 is 0.923 bits per heavy atom. The number of hydrogen-bond acceptors (Lipinski definition) is 4. The van der Waals surface area contributed by atoms with Crippen molar-refractivity contribution in [2.75, 3.05) is 0 Å². The quantitative estimate of drug-likeness (QED) is 0.163. The van der Waals surface area contributed by atoms with Gasteiger partial charge in [-0.25, -0.2) is 10.2 Å². The van der Waals surface area contributed by atoms with Gasteiger partial charge >= 0.3 is 0 Å². The number of hydrogen-bond donors (Lipinski definition) is 0. The predicted molar refractivity (Wildman–Crippen MR) is 133 cm³/mol. The number of hydrazone groups is 2. The first kappa shape index (κ1) is 25.8. The van der Waals surface area contributed by atoms with E-state index in [0.717, 1.165) is 12.8 Å². The van der Waals surface area contributed by atoms with E-state index in [-0.39, 0.29) is 0 Å². The van der Waals surface area contributed by atoms with E-state index in [1.165, 1.54) is 12.8 Å². The molecule has 0 amide bonds. The Bertz CT molecular complexity index is 394. The molecule has 0 atom stereocenters. The van der Waals surface area contributed by atoms with Gasteiger partial charge in [0.2, 0.25) is 0 Å². The standard InChI is InChI=1S/C18H46N4Si4/c1-23(2,3)21(24(4,5)6)19-17-15-13-14-16-18-20-22(25(7,8)9)26(10,11)12/h17-18H,13-16H2,1-12H3. The van der Waals surface area contributed by atoms with Crippen molar-refractivity contribution >= 4 is 45.4 Å². The number of nitrogens with zero attached hydrogens (tertiary/aromatic N) is 4. The molecule has 0 aromatic carbocycles. The first-order valence-corrected chi connectivity index (χ1v) is 23.9. The Labute approximate surface area is 168 Å². The molecule has 0 rings (SSSR count). The van der Waals surface area contributed by atoms with Crippen LogP contribution < -0.4 is 0 Å². The lowest BCUT2D eigenvalue weighted by atomic mass is 10.2. The zero-order chi connectivity index (χ0) is 20.8. The smallest absolute Gasteiger partial charge is 0.158 e. The Morgan fingerprint density at radius 1 is 0.500 bits per heavy atom. The van der Waals surface area contributed by atoms with Crippen molar-refractivity contribution in [1.29, 1.82) is 0 Å². The minimum atomic E-state index is -1.37. The average molecular weight is 431 g/mol. The van der Waals surface area contributed by atoms with Gasteiger partial charge in [0.25, 0.3) is 0 Å². The van der Waals surface area contributed by atoms with Crippen molar-refractivity contribution in [3.05, 3.63) is 0 Å². The first-order chi connectivity index (χ1) is 11.5. The molecule has 4 nitrogen and oxygen atoms in total. The van der Waals surface area contributed by atoms with E-state index in [9.17, 15) is 0 Å². The third-order valence-electron chi connectivity index (χ3n) is 3.85. The maximum atomic E-state index is 4.88. The number of rotatable bonds is 11. The van der Waals surface area contributed by atoms with Gasteiger partial charge in [0.1, 0.15) is 0 Å². The molecule has 154 valence electrons. The second-order valence-electron chi connectivity index (χ2n) is 11.2. The molecule has 0 heterocycles. The van der Waals surface area contributed by atoms with E-state index in [1.807, 2.05) is 0 Å². The molecule has 0 unspecified atom stereocenters.